The number of pyridine rings is 1. The fourth-order valence-electron chi connectivity index (χ4n) is 4.63. The van der Waals surface area contributed by atoms with Crippen LogP contribution in [-0.2, 0) is 11.2 Å². The number of aromatic amines is 1. The number of aliphatic hydroxyl groups excluding tert-OH is 1. The Hall–Kier alpha value is -2.94. The molecule has 3 aromatic rings. The number of rotatable bonds is 11. The van der Waals surface area contributed by atoms with Gasteiger partial charge in [-0.25, -0.2) is 4.98 Å². The van der Waals surface area contributed by atoms with Gasteiger partial charge in [-0.15, -0.1) is 0 Å². The lowest BCUT2D eigenvalue weighted by Crippen LogP contribution is -2.52. The first-order valence-corrected chi connectivity index (χ1v) is 12.5. The molecule has 1 aliphatic carbocycles. The number of likely N-dealkylation sites (N-methyl/N-ethyl adjacent to an activating group) is 1. The summed E-state index contributed by atoms with van der Waals surface area (Å²) in [5, 5.41) is 18.0. The molecular formula is C27H37N5O3. The van der Waals surface area contributed by atoms with Crippen molar-refractivity contribution in [3.8, 4) is 11.5 Å². The Balaban J connectivity index is 1.41. The maximum atomic E-state index is 13.0. The number of nitrogens with zero attached hydrogens (tertiary/aromatic N) is 2. The highest BCUT2D eigenvalue weighted by Gasteiger charge is 2.27. The van der Waals surface area contributed by atoms with Crippen molar-refractivity contribution in [3.63, 3.8) is 0 Å². The lowest BCUT2D eigenvalue weighted by atomic mass is 9.87. The van der Waals surface area contributed by atoms with Crippen molar-refractivity contribution in [2.45, 2.75) is 50.8 Å². The van der Waals surface area contributed by atoms with Gasteiger partial charge in [-0.2, -0.15) is 0 Å². The summed E-state index contributed by atoms with van der Waals surface area (Å²) in [6, 6.07) is 11.0. The quantitative estimate of drug-likeness (QED) is 0.314. The topological polar surface area (TPSA) is 103 Å². The SMILES string of the molecule is CN(C)CCNC(=O)C(Cc1ccc(Oc2ccnc3[nH]ccc23)cc1)NC(O)C1CCCCC1. The molecule has 2 aromatic heterocycles. The number of benzene rings is 1. The van der Waals surface area contributed by atoms with Gasteiger partial charge >= 0.3 is 0 Å². The van der Waals surface area contributed by atoms with Gasteiger partial charge < -0.3 is 25.0 Å². The summed E-state index contributed by atoms with van der Waals surface area (Å²) in [5.74, 6) is 1.56. The first-order valence-electron chi connectivity index (χ1n) is 12.5. The predicted octanol–water partition coefficient (Wildman–Crippen LogP) is 3.43. The van der Waals surface area contributed by atoms with Crippen molar-refractivity contribution in [1.82, 2.24) is 25.5 Å². The van der Waals surface area contributed by atoms with Gasteiger partial charge in [0.05, 0.1) is 11.4 Å². The summed E-state index contributed by atoms with van der Waals surface area (Å²) >= 11 is 0. The predicted molar refractivity (Wildman–Crippen MR) is 137 cm³/mol. The number of nitrogens with one attached hydrogen (secondary N) is 3. The summed E-state index contributed by atoms with van der Waals surface area (Å²) in [7, 11) is 3.96. The van der Waals surface area contributed by atoms with E-state index in [1.807, 2.05) is 61.6 Å². The van der Waals surface area contributed by atoms with Crippen molar-refractivity contribution in [3.05, 3.63) is 54.4 Å². The molecule has 35 heavy (non-hydrogen) atoms. The molecular weight excluding hydrogens is 442 g/mol. The largest absolute Gasteiger partial charge is 0.457 e. The minimum absolute atomic E-state index is 0.0892. The van der Waals surface area contributed by atoms with E-state index in [1.165, 1.54) is 6.42 Å². The highest BCUT2D eigenvalue weighted by Crippen LogP contribution is 2.29. The van der Waals surface area contributed by atoms with E-state index in [1.54, 1.807) is 6.20 Å². The van der Waals surface area contributed by atoms with Crippen molar-refractivity contribution in [2.75, 3.05) is 27.2 Å². The second kappa shape index (κ2) is 12.2. The van der Waals surface area contributed by atoms with Crippen LogP contribution in [0.4, 0.5) is 0 Å². The maximum Gasteiger partial charge on any atom is 0.237 e. The Morgan fingerprint density at radius 1 is 1.17 bits per heavy atom. The number of aromatic nitrogens is 2. The average Bonchev–Trinajstić information content (AvgIpc) is 3.35. The van der Waals surface area contributed by atoms with Crippen LogP contribution in [0.3, 0.4) is 0 Å². The molecule has 1 saturated carbocycles. The lowest BCUT2D eigenvalue weighted by molar-refractivity contribution is -0.124. The van der Waals surface area contributed by atoms with Gasteiger partial charge in [0.15, 0.2) is 0 Å². The van der Waals surface area contributed by atoms with Crippen molar-refractivity contribution < 1.29 is 14.6 Å². The average molecular weight is 480 g/mol. The fourth-order valence-corrected chi connectivity index (χ4v) is 4.63. The first-order chi connectivity index (χ1) is 17.0. The summed E-state index contributed by atoms with van der Waals surface area (Å²) in [5.41, 5.74) is 1.78. The minimum atomic E-state index is -0.682. The highest BCUT2D eigenvalue weighted by molar-refractivity contribution is 5.83. The molecule has 8 nitrogen and oxygen atoms in total. The fraction of sp³-hybridized carbons (Fsp3) is 0.481. The van der Waals surface area contributed by atoms with E-state index in [0.717, 1.165) is 54.6 Å². The van der Waals surface area contributed by atoms with Crippen molar-refractivity contribution >= 4 is 16.9 Å². The second-order valence-corrected chi connectivity index (χ2v) is 9.66. The van der Waals surface area contributed by atoms with E-state index in [4.69, 9.17) is 4.74 Å². The smallest absolute Gasteiger partial charge is 0.237 e. The third kappa shape index (κ3) is 7.04. The molecule has 4 rings (SSSR count). The monoisotopic (exact) mass is 479 g/mol. The van der Waals surface area contributed by atoms with E-state index in [0.29, 0.717) is 18.7 Å². The van der Waals surface area contributed by atoms with Crippen LogP contribution >= 0.6 is 0 Å². The number of H-pyrrole nitrogens is 1. The molecule has 8 heteroatoms. The molecule has 1 aromatic carbocycles. The Bertz CT molecular complexity index is 1080. The number of fused-ring (bicyclic) bond motifs is 1. The van der Waals surface area contributed by atoms with Crippen LogP contribution in [0, 0.1) is 5.92 Å². The molecule has 4 N–H and O–H groups in total. The number of carbonyl (C=O) groups is 1. The molecule has 0 bridgehead atoms. The molecule has 1 aliphatic rings. The maximum absolute atomic E-state index is 13.0. The van der Waals surface area contributed by atoms with Crippen LogP contribution in [0.25, 0.3) is 11.0 Å². The Labute approximate surface area is 207 Å². The normalized spacial score (nSPS) is 16.3. The van der Waals surface area contributed by atoms with Crippen LogP contribution < -0.4 is 15.4 Å². The molecule has 188 valence electrons. The number of carbonyl (C=O) groups excluding carboxylic acids is 1. The first kappa shape index (κ1) is 25.2. The van der Waals surface area contributed by atoms with E-state index < -0.39 is 12.3 Å². The van der Waals surface area contributed by atoms with Gasteiger partial charge in [-0.1, -0.05) is 31.4 Å². The molecule has 0 spiro atoms. The number of hydrogen-bond acceptors (Lipinski definition) is 6. The zero-order valence-corrected chi connectivity index (χ0v) is 20.7. The number of aliphatic hydroxyl groups is 1. The molecule has 2 atom stereocenters. The Morgan fingerprint density at radius 3 is 2.69 bits per heavy atom. The summed E-state index contributed by atoms with van der Waals surface area (Å²) < 4.78 is 6.08. The molecule has 0 aliphatic heterocycles. The van der Waals surface area contributed by atoms with Gasteiger partial charge in [0.2, 0.25) is 5.91 Å². The standard InChI is InChI=1S/C27H37N5O3/c1-32(2)17-16-30-27(34)23(31-26(33)20-6-4-3-5-7-20)18-19-8-10-21(11-9-19)35-24-13-15-29-25-22(24)12-14-28-25/h8-15,20,23,26,31,33H,3-7,16-18H2,1-2H3,(H,28,29)(H,30,34). The van der Waals surface area contributed by atoms with Crippen LogP contribution in [0.1, 0.15) is 37.7 Å². The van der Waals surface area contributed by atoms with Crippen LogP contribution in [0.5, 0.6) is 11.5 Å². The van der Waals surface area contributed by atoms with Crippen LogP contribution in [0.15, 0.2) is 48.8 Å². The van der Waals surface area contributed by atoms with Gasteiger partial charge in [0, 0.05) is 25.5 Å². The Morgan fingerprint density at radius 2 is 1.94 bits per heavy atom. The summed E-state index contributed by atoms with van der Waals surface area (Å²) in [4.78, 5) is 22.4. The summed E-state index contributed by atoms with van der Waals surface area (Å²) in [6.45, 7) is 1.33. The van der Waals surface area contributed by atoms with Gasteiger partial charge in [-0.3, -0.25) is 10.1 Å². The highest BCUT2D eigenvalue weighted by atomic mass is 16.5. The van der Waals surface area contributed by atoms with Crippen molar-refractivity contribution in [2.24, 2.45) is 5.92 Å². The van der Waals surface area contributed by atoms with Crippen molar-refractivity contribution in [1.29, 1.82) is 0 Å². The second-order valence-electron chi connectivity index (χ2n) is 9.66. The molecule has 2 unspecified atom stereocenters. The lowest BCUT2D eigenvalue weighted by Gasteiger charge is -2.30. The van der Waals surface area contributed by atoms with E-state index >= 15 is 0 Å². The third-order valence-electron chi connectivity index (χ3n) is 6.65. The molecule has 2 heterocycles. The molecule has 1 amide bonds. The molecule has 0 radical (unpaired) electrons. The minimum Gasteiger partial charge on any atom is -0.457 e. The zero-order chi connectivity index (χ0) is 24.6. The van der Waals surface area contributed by atoms with E-state index in [2.05, 4.69) is 20.6 Å². The van der Waals surface area contributed by atoms with E-state index in [9.17, 15) is 9.90 Å². The van der Waals surface area contributed by atoms with Gasteiger partial charge in [-0.05, 0) is 69.1 Å². The van der Waals surface area contributed by atoms with Gasteiger partial charge in [0.25, 0.3) is 0 Å². The number of amides is 1. The van der Waals surface area contributed by atoms with E-state index in [-0.39, 0.29) is 11.8 Å². The third-order valence-corrected chi connectivity index (χ3v) is 6.65. The van der Waals surface area contributed by atoms with Crippen LogP contribution in [0.2, 0.25) is 0 Å². The number of hydrogen-bond donors (Lipinski definition) is 4. The molecule has 0 saturated heterocycles. The van der Waals surface area contributed by atoms with Crippen LogP contribution in [-0.4, -0.2) is 65.3 Å². The molecule has 1 fully saturated rings. The Kier molecular flexibility index (Phi) is 8.74. The summed E-state index contributed by atoms with van der Waals surface area (Å²) in [6.07, 6.45) is 8.84. The zero-order valence-electron chi connectivity index (χ0n) is 20.7. The number of ether oxygens (including phenoxy) is 1. The van der Waals surface area contributed by atoms with Gasteiger partial charge in [0.1, 0.15) is 23.4 Å².